The Balaban J connectivity index is 1.58. The average Bonchev–Trinajstić information content (AvgIpc) is 3.67. The van der Waals surface area contributed by atoms with Gasteiger partial charge in [0.15, 0.2) is 12.1 Å². The Morgan fingerprint density at radius 1 is 0.667 bits per heavy atom. The minimum atomic E-state index is -2.29. The number of nitrogens with two attached hydrogens (primary N) is 1. The molecule has 19 heteroatoms. The number of aliphatic hydroxyl groups excluding tert-OH is 10. The van der Waals surface area contributed by atoms with Gasteiger partial charge < -0.3 is 86.2 Å². The van der Waals surface area contributed by atoms with E-state index < -0.39 is 147 Å². The molecule has 0 aromatic heterocycles. The van der Waals surface area contributed by atoms with Crippen molar-refractivity contribution in [3.63, 3.8) is 0 Å². The van der Waals surface area contributed by atoms with Crippen LogP contribution in [0.25, 0.3) is 0 Å². The van der Waals surface area contributed by atoms with Gasteiger partial charge >= 0.3 is 5.97 Å². The highest BCUT2D eigenvalue weighted by Crippen LogP contribution is 2.38. The highest BCUT2D eigenvalue weighted by molar-refractivity contribution is 5.80. The van der Waals surface area contributed by atoms with Gasteiger partial charge in [-0.2, -0.15) is 0 Å². The van der Waals surface area contributed by atoms with Crippen LogP contribution in [0.1, 0.15) is 90.9 Å². The maximum atomic E-state index is 13.9. The van der Waals surface area contributed by atoms with Crippen molar-refractivity contribution in [2.75, 3.05) is 6.61 Å². The Kier molecular flexibility index (Phi) is 24.5. The van der Waals surface area contributed by atoms with Crippen molar-refractivity contribution in [2.24, 2.45) is 17.6 Å². The van der Waals surface area contributed by atoms with Crippen LogP contribution in [-0.2, 0) is 28.5 Å². The van der Waals surface area contributed by atoms with Crippen molar-refractivity contribution < 1.29 is 84.7 Å². The van der Waals surface area contributed by atoms with E-state index in [0.717, 1.165) is 0 Å². The predicted molar refractivity (Wildman–Crippen MR) is 252 cm³/mol. The van der Waals surface area contributed by atoms with Crippen LogP contribution in [0.2, 0.25) is 0 Å². The van der Waals surface area contributed by atoms with Crippen LogP contribution in [-0.4, -0.2) is 178 Å². The molecule has 390 valence electrons. The minimum absolute atomic E-state index is 0.0984. The Morgan fingerprint density at radius 2 is 1.29 bits per heavy atom. The molecule has 1 amide bonds. The van der Waals surface area contributed by atoms with Gasteiger partial charge in [0.1, 0.15) is 12.2 Å². The van der Waals surface area contributed by atoms with Gasteiger partial charge in [-0.3, -0.25) is 9.59 Å². The van der Waals surface area contributed by atoms with Crippen LogP contribution in [0.15, 0.2) is 85.1 Å². The number of ether oxygens (including phenoxy) is 4. The van der Waals surface area contributed by atoms with Crippen LogP contribution in [0, 0.1) is 11.8 Å². The summed E-state index contributed by atoms with van der Waals surface area (Å²) < 4.78 is 23.3. The fourth-order valence-corrected chi connectivity index (χ4v) is 8.90. The largest absolute Gasteiger partial charge is 0.462 e. The Bertz CT molecular complexity index is 1770. The topological polar surface area (TPSA) is 332 Å². The molecule has 2 saturated heterocycles. The van der Waals surface area contributed by atoms with Crippen molar-refractivity contribution in [3.05, 3.63) is 85.1 Å². The second-order valence-electron chi connectivity index (χ2n) is 19.0. The summed E-state index contributed by atoms with van der Waals surface area (Å²) in [6, 6.07) is -1.71. The summed E-state index contributed by atoms with van der Waals surface area (Å²) in [7, 11) is 0. The van der Waals surface area contributed by atoms with Crippen molar-refractivity contribution in [1.82, 2.24) is 5.32 Å². The van der Waals surface area contributed by atoms with Crippen LogP contribution < -0.4 is 11.1 Å². The van der Waals surface area contributed by atoms with Gasteiger partial charge in [0.25, 0.3) is 0 Å². The molecule has 1 aliphatic carbocycles. The van der Waals surface area contributed by atoms with Crippen LogP contribution in [0.3, 0.4) is 0 Å². The molecule has 4 rings (SSSR count). The van der Waals surface area contributed by atoms with Crippen molar-refractivity contribution in [1.29, 1.82) is 0 Å². The molecule has 69 heavy (non-hydrogen) atoms. The number of hydrogen-bond acceptors (Lipinski definition) is 18. The van der Waals surface area contributed by atoms with E-state index in [1.165, 1.54) is 0 Å². The second-order valence-corrected chi connectivity index (χ2v) is 19.0. The number of aliphatic hydroxyl groups is 11. The van der Waals surface area contributed by atoms with Gasteiger partial charge in [-0.15, -0.1) is 0 Å². The summed E-state index contributed by atoms with van der Waals surface area (Å²) >= 11 is 0. The number of allylic oxidation sites excluding steroid dienone is 12. The van der Waals surface area contributed by atoms with E-state index in [0.29, 0.717) is 19.3 Å². The third-order valence-corrected chi connectivity index (χ3v) is 12.9. The molecule has 8 unspecified atom stereocenters. The summed E-state index contributed by atoms with van der Waals surface area (Å²) in [5, 5.41) is 122. The lowest BCUT2D eigenvalue weighted by Crippen LogP contribution is -2.60. The molecule has 19 atom stereocenters. The second kappa shape index (κ2) is 29.1. The zero-order valence-corrected chi connectivity index (χ0v) is 39.6. The SMILES string of the molecule is C[C@H]1C[C@H](O)[C@@H](C)/C=C/C=C/C=C/C=C/C=C/C=C/C=C/C(O[C@@H]2OC[C@@H](O)[C@H](N)[C@@H]2O)C[C@@H]2OC(O)(CC(O)CC(O)C(O)CCC(O)CC(O)CC(=O)O1)C[C@H](O)[C@H]2C(=O)N[C@@H]1CCCC1O. The van der Waals surface area contributed by atoms with Crippen molar-refractivity contribution in [2.45, 2.75) is 194 Å². The molecule has 2 bridgehead atoms. The fraction of sp³-hybridized carbons (Fsp3) is 0.680. The zero-order chi connectivity index (χ0) is 50.7. The van der Waals surface area contributed by atoms with Crippen molar-refractivity contribution >= 4 is 11.9 Å². The van der Waals surface area contributed by atoms with E-state index in [-0.39, 0.29) is 44.6 Å². The highest BCUT2D eigenvalue weighted by atomic mass is 16.7. The van der Waals surface area contributed by atoms with E-state index in [1.807, 2.05) is 37.3 Å². The maximum absolute atomic E-state index is 13.9. The molecule has 3 aliphatic heterocycles. The van der Waals surface area contributed by atoms with Gasteiger partial charge in [0.05, 0.1) is 98.2 Å². The van der Waals surface area contributed by atoms with Gasteiger partial charge in [-0.25, -0.2) is 0 Å². The van der Waals surface area contributed by atoms with Crippen LogP contribution in [0.5, 0.6) is 0 Å². The van der Waals surface area contributed by atoms with Gasteiger partial charge in [-0.05, 0) is 45.4 Å². The summed E-state index contributed by atoms with van der Waals surface area (Å²) in [5.74, 6) is -5.28. The first-order valence-electron chi connectivity index (χ1n) is 24.2. The highest BCUT2D eigenvalue weighted by Gasteiger charge is 2.51. The molecule has 19 nitrogen and oxygen atoms in total. The molecular weight excluding hydrogens is 901 g/mol. The normalized spacial score (nSPS) is 44.6. The quantitative estimate of drug-likeness (QED) is 0.165. The first-order chi connectivity index (χ1) is 32.7. The van der Waals surface area contributed by atoms with Gasteiger partial charge in [0.2, 0.25) is 5.91 Å². The van der Waals surface area contributed by atoms with E-state index in [1.54, 1.807) is 61.6 Å². The third-order valence-electron chi connectivity index (χ3n) is 12.9. The standard InChI is InChI=1S/C50H78N2O17/c1-30-16-13-11-9-7-5-3-4-6-8-10-12-14-17-35(68-49-47(63)46(51)42(61)29-66-49)26-43-45(48(64)52-36-18-15-19-37(36)56)41(60)28-50(65,69-43)27-34(55)24-40(59)38(57)21-20-32(53)23-33(54)25-44(62)67-31(2)22-39(30)58/h3-14,16-17,30-43,45-47,49,53-61,63,65H,15,18-29,51H2,1-2H3,(H,52,64)/b4-3+,7-5+,8-6+,11-9+,12-10+,16-13+,17-14+/t30-,31-,32?,33?,34?,35?,36+,37?,38?,39-,40?,41-,42+,43-,45+,46-,47-,49-,50?/m0/s1. The number of cyclic esters (lactones) is 1. The molecule has 0 aromatic rings. The van der Waals surface area contributed by atoms with Gasteiger partial charge in [-0.1, -0.05) is 92.0 Å². The lowest BCUT2D eigenvalue weighted by atomic mass is 9.82. The summed E-state index contributed by atoms with van der Waals surface area (Å²) in [6.07, 6.45) is 6.29. The fourth-order valence-electron chi connectivity index (χ4n) is 8.90. The lowest BCUT2D eigenvalue weighted by Gasteiger charge is -2.46. The van der Waals surface area contributed by atoms with Crippen molar-refractivity contribution in [3.8, 4) is 0 Å². The number of carbonyl (C=O) groups excluding carboxylic acids is 2. The molecule has 0 aromatic carbocycles. The monoisotopic (exact) mass is 979 g/mol. The third kappa shape index (κ3) is 19.9. The zero-order valence-electron chi connectivity index (χ0n) is 39.6. The molecule has 1 saturated carbocycles. The smallest absolute Gasteiger partial charge is 0.308 e. The number of esters is 1. The van der Waals surface area contributed by atoms with E-state index in [9.17, 15) is 65.8 Å². The molecule has 3 fully saturated rings. The van der Waals surface area contributed by atoms with Gasteiger partial charge in [0, 0.05) is 38.0 Å². The number of nitrogens with one attached hydrogen (secondary N) is 1. The Morgan fingerprint density at radius 3 is 1.91 bits per heavy atom. The molecule has 3 heterocycles. The summed E-state index contributed by atoms with van der Waals surface area (Å²) in [4.78, 5) is 26.5. The van der Waals surface area contributed by atoms with Crippen LogP contribution in [0.4, 0.5) is 0 Å². The van der Waals surface area contributed by atoms with Crippen LogP contribution >= 0.6 is 0 Å². The summed E-state index contributed by atoms with van der Waals surface area (Å²) in [5.41, 5.74) is 6.02. The molecular formula is C50H78N2O17. The number of amides is 1. The summed E-state index contributed by atoms with van der Waals surface area (Å²) in [6.45, 7) is 3.20. The predicted octanol–water partition coefficient (Wildman–Crippen LogP) is 0.0222. The maximum Gasteiger partial charge on any atom is 0.308 e. The van der Waals surface area contributed by atoms with E-state index in [2.05, 4.69) is 5.32 Å². The average molecular weight is 979 g/mol. The number of fused-ring (bicyclic) bond motifs is 2. The Hall–Kier alpha value is -3.48. The number of hydrogen-bond donors (Lipinski definition) is 13. The number of carbonyl (C=O) groups is 2. The molecule has 4 aliphatic rings. The molecule has 14 N–H and O–H groups in total. The van der Waals surface area contributed by atoms with E-state index in [4.69, 9.17) is 24.7 Å². The minimum Gasteiger partial charge on any atom is -0.462 e. The first kappa shape index (κ1) is 58.1. The lowest BCUT2D eigenvalue weighted by molar-refractivity contribution is -0.304. The van der Waals surface area contributed by atoms with E-state index >= 15 is 0 Å². The molecule has 0 spiro atoms. The molecule has 0 radical (unpaired) electrons. The Labute approximate surface area is 404 Å². The number of rotatable bonds is 4. The first-order valence-corrected chi connectivity index (χ1v) is 24.2.